The molecule has 2 rings (SSSR count). The summed E-state index contributed by atoms with van der Waals surface area (Å²) in [6.07, 6.45) is 6.48. The highest BCUT2D eigenvalue weighted by molar-refractivity contribution is 5.79. The van der Waals surface area contributed by atoms with Crippen molar-refractivity contribution < 1.29 is 14.7 Å². The number of aliphatic carboxylic acids is 1. The fourth-order valence-corrected chi connectivity index (χ4v) is 2.90. The molecule has 0 unspecified atom stereocenters. The first-order chi connectivity index (χ1) is 7.93. The van der Waals surface area contributed by atoms with E-state index in [-0.39, 0.29) is 23.3 Å². The lowest BCUT2D eigenvalue weighted by Gasteiger charge is -2.27. The Hall–Kier alpha value is -1.06. The molecule has 4 nitrogen and oxygen atoms in total. The van der Waals surface area contributed by atoms with Gasteiger partial charge in [-0.2, -0.15) is 0 Å². The number of carboxylic acid groups (broad SMARTS) is 1. The molecule has 0 aromatic heterocycles. The van der Waals surface area contributed by atoms with Gasteiger partial charge in [0.15, 0.2) is 0 Å². The lowest BCUT2D eigenvalue weighted by Crippen LogP contribution is -2.38. The van der Waals surface area contributed by atoms with Crippen LogP contribution in [0.4, 0.5) is 0 Å². The standard InChI is InChI=1S/C13H21NO3/c1-12(6-7-12)14-10(15)8-13(9-11(16)17)4-2-3-5-13/h2-9H2,1H3,(H,14,15)(H,16,17). The number of carbonyl (C=O) groups is 2. The Bertz CT molecular complexity index is 328. The third-order valence-corrected chi connectivity index (χ3v) is 4.17. The van der Waals surface area contributed by atoms with Crippen molar-refractivity contribution in [3.8, 4) is 0 Å². The predicted octanol–water partition coefficient (Wildman–Crippen LogP) is 2.08. The number of amides is 1. The average Bonchev–Trinajstić information content (AvgIpc) is 2.73. The van der Waals surface area contributed by atoms with Crippen molar-refractivity contribution in [1.29, 1.82) is 0 Å². The molecule has 2 aliphatic carbocycles. The van der Waals surface area contributed by atoms with Crippen LogP contribution < -0.4 is 5.32 Å². The van der Waals surface area contributed by atoms with Crippen molar-refractivity contribution in [2.24, 2.45) is 5.41 Å². The van der Waals surface area contributed by atoms with Gasteiger partial charge in [0.05, 0.1) is 6.42 Å². The van der Waals surface area contributed by atoms with Gasteiger partial charge in [0.1, 0.15) is 0 Å². The molecule has 0 heterocycles. The van der Waals surface area contributed by atoms with Gasteiger partial charge in [-0.05, 0) is 38.0 Å². The lowest BCUT2D eigenvalue weighted by molar-refractivity contribution is -0.140. The molecular formula is C13H21NO3. The number of nitrogens with one attached hydrogen (secondary N) is 1. The highest BCUT2D eigenvalue weighted by atomic mass is 16.4. The van der Waals surface area contributed by atoms with Crippen LogP contribution in [0.5, 0.6) is 0 Å². The normalized spacial score (nSPS) is 24.3. The first-order valence-electron chi connectivity index (χ1n) is 6.46. The van der Waals surface area contributed by atoms with Gasteiger partial charge < -0.3 is 10.4 Å². The van der Waals surface area contributed by atoms with Crippen LogP contribution in [-0.4, -0.2) is 22.5 Å². The second kappa shape index (κ2) is 4.31. The summed E-state index contributed by atoms with van der Waals surface area (Å²) in [4.78, 5) is 22.8. The molecule has 1 amide bonds. The Morgan fingerprint density at radius 3 is 2.18 bits per heavy atom. The minimum absolute atomic E-state index is 0.000100. The van der Waals surface area contributed by atoms with Crippen LogP contribution in [0.1, 0.15) is 58.3 Å². The number of carboxylic acids is 1. The van der Waals surface area contributed by atoms with Crippen LogP contribution >= 0.6 is 0 Å². The SMILES string of the molecule is CC1(NC(=O)CC2(CC(=O)O)CCCC2)CC1. The minimum atomic E-state index is -0.780. The maximum Gasteiger partial charge on any atom is 0.303 e. The zero-order chi connectivity index (χ0) is 12.5. The third-order valence-electron chi connectivity index (χ3n) is 4.17. The first kappa shape index (κ1) is 12.4. The molecule has 96 valence electrons. The van der Waals surface area contributed by atoms with E-state index in [1.165, 1.54) is 0 Å². The number of rotatable bonds is 5. The van der Waals surface area contributed by atoms with Crippen LogP contribution in [0.15, 0.2) is 0 Å². The summed E-state index contributed by atoms with van der Waals surface area (Å²) >= 11 is 0. The molecule has 0 aliphatic heterocycles. The Morgan fingerprint density at radius 2 is 1.71 bits per heavy atom. The average molecular weight is 239 g/mol. The van der Waals surface area contributed by atoms with Crippen LogP contribution in [0.2, 0.25) is 0 Å². The van der Waals surface area contributed by atoms with Crippen molar-refractivity contribution in [2.45, 2.75) is 63.8 Å². The highest BCUT2D eigenvalue weighted by Crippen LogP contribution is 2.44. The second-order valence-corrected chi connectivity index (χ2v) is 6.06. The Kier molecular flexibility index (Phi) is 3.15. The number of hydrogen-bond donors (Lipinski definition) is 2. The van der Waals surface area contributed by atoms with Gasteiger partial charge in [-0.25, -0.2) is 0 Å². The van der Waals surface area contributed by atoms with Crippen LogP contribution in [0.3, 0.4) is 0 Å². The highest BCUT2D eigenvalue weighted by Gasteiger charge is 2.42. The Morgan fingerprint density at radius 1 is 1.12 bits per heavy atom. The van der Waals surface area contributed by atoms with Crippen LogP contribution in [-0.2, 0) is 9.59 Å². The van der Waals surface area contributed by atoms with Gasteiger partial charge >= 0.3 is 5.97 Å². The van der Waals surface area contributed by atoms with E-state index in [0.717, 1.165) is 38.5 Å². The summed E-state index contributed by atoms with van der Waals surface area (Å²) in [5, 5.41) is 12.0. The number of hydrogen-bond acceptors (Lipinski definition) is 2. The van der Waals surface area contributed by atoms with E-state index in [9.17, 15) is 9.59 Å². The van der Waals surface area contributed by atoms with Crippen molar-refractivity contribution >= 4 is 11.9 Å². The fraction of sp³-hybridized carbons (Fsp3) is 0.846. The summed E-state index contributed by atoms with van der Waals surface area (Å²) in [6.45, 7) is 2.05. The molecule has 17 heavy (non-hydrogen) atoms. The molecule has 2 saturated carbocycles. The number of carbonyl (C=O) groups excluding carboxylic acids is 1. The van der Waals surface area contributed by atoms with Crippen molar-refractivity contribution in [1.82, 2.24) is 5.32 Å². The molecule has 2 aliphatic rings. The zero-order valence-electron chi connectivity index (χ0n) is 10.4. The smallest absolute Gasteiger partial charge is 0.303 e. The maximum atomic E-state index is 11.9. The molecule has 0 atom stereocenters. The quantitative estimate of drug-likeness (QED) is 0.772. The summed E-state index contributed by atoms with van der Waals surface area (Å²) in [5.41, 5.74) is -0.277. The van der Waals surface area contributed by atoms with Crippen LogP contribution in [0, 0.1) is 5.41 Å². The van der Waals surface area contributed by atoms with E-state index in [2.05, 4.69) is 5.32 Å². The molecule has 0 bridgehead atoms. The topological polar surface area (TPSA) is 66.4 Å². The molecule has 0 spiro atoms. The molecule has 0 saturated heterocycles. The van der Waals surface area contributed by atoms with Crippen molar-refractivity contribution in [3.05, 3.63) is 0 Å². The van der Waals surface area contributed by atoms with E-state index in [4.69, 9.17) is 5.11 Å². The second-order valence-electron chi connectivity index (χ2n) is 6.06. The molecule has 2 fully saturated rings. The van der Waals surface area contributed by atoms with Gasteiger partial charge in [-0.1, -0.05) is 12.8 Å². The van der Waals surface area contributed by atoms with Gasteiger partial charge in [0.25, 0.3) is 0 Å². The molecule has 4 heteroatoms. The maximum absolute atomic E-state index is 11.9. The van der Waals surface area contributed by atoms with Crippen molar-refractivity contribution in [2.75, 3.05) is 0 Å². The van der Waals surface area contributed by atoms with Crippen molar-refractivity contribution in [3.63, 3.8) is 0 Å². The van der Waals surface area contributed by atoms with Crippen LogP contribution in [0.25, 0.3) is 0 Å². The van der Waals surface area contributed by atoms with E-state index < -0.39 is 5.97 Å². The molecule has 0 radical (unpaired) electrons. The first-order valence-corrected chi connectivity index (χ1v) is 6.46. The van der Waals surface area contributed by atoms with Gasteiger partial charge in [-0.15, -0.1) is 0 Å². The molecule has 0 aromatic carbocycles. The molecular weight excluding hydrogens is 218 g/mol. The van der Waals surface area contributed by atoms with Gasteiger partial charge in [0.2, 0.25) is 5.91 Å². The minimum Gasteiger partial charge on any atom is -0.481 e. The monoisotopic (exact) mass is 239 g/mol. The van der Waals surface area contributed by atoms with E-state index in [0.29, 0.717) is 6.42 Å². The third kappa shape index (κ3) is 3.20. The van der Waals surface area contributed by atoms with Gasteiger partial charge in [0, 0.05) is 12.0 Å². The summed E-state index contributed by atoms with van der Waals surface area (Å²) < 4.78 is 0. The summed E-state index contributed by atoms with van der Waals surface area (Å²) in [6, 6.07) is 0. The summed E-state index contributed by atoms with van der Waals surface area (Å²) in [5.74, 6) is -0.745. The lowest BCUT2D eigenvalue weighted by atomic mass is 9.79. The fourth-order valence-electron chi connectivity index (χ4n) is 2.90. The molecule has 0 aromatic rings. The molecule has 2 N–H and O–H groups in total. The Labute approximate surface area is 102 Å². The summed E-state index contributed by atoms with van der Waals surface area (Å²) in [7, 11) is 0. The Balaban J connectivity index is 1.92. The van der Waals surface area contributed by atoms with E-state index in [1.54, 1.807) is 0 Å². The van der Waals surface area contributed by atoms with E-state index in [1.807, 2.05) is 6.92 Å². The van der Waals surface area contributed by atoms with E-state index >= 15 is 0 Å². The predicted molar refractivity (Wildman–Crippen MR) is 63.6 cm³/mol. The zero-order valence-corrected chi connectivity index (χ0v) is 10.4. The van der Waals surface area contributed by atoms with Gasteiger partial charge in [-0.3, -0.25) is 9.59 Å². The largest absolute Gasteiger partial charge is 0.481 e.